The minimum absolute atomic E-state index is 0.0775. The number of carbonyl (C=O) groups excluding carboxylic acids is 1. The molecule has 1 atom stereocenters. The Morgan fingerprint density at radius 1 is 1.25 bits per heavy atom. The Hall–Kier alpha value is -2.91. The monoisotopic (exact) mass is 444 g/mol. The first-order valence-electron chi connectivity index (χ1n) is 11.1. The maximum atomic E-state index is 13.4. The van der Waals surface area contributed by atoms with Crippen molar-refractivity contribution in [2.24, 2.45) is 0 Å². The number of nitrogens with zero attached hydrogens (tertiary/aromatic N) is 3. The molecular formula is C23H32N4O5. The van der Waals surface area contributed by atoms with Crippen LogP contribution in [0.1, 0.15) is 44.1 Å². The fourth-order valence-corrected chi connectivity index (χ4v) is 3.78. The summed E-state index contributed by atoms with van der Waals surface area (Å²) in [7, 11) is 1.54. The van der Waals surface area contributed by atoms with Gasteiger partial charge in [0.15, 0.2) is 5.69 Å². The second-order valence-electron chi connectivity index (χ2n) is 7.65. The van der Waals surface area contributed by atoms with Crippen molar-refractivity contribution in [2.75, 3.05) is 33.4 Å². The predicted molar refractivity (Wildman–Crippen MR) is 123 cm³/mol. The van der Waals surface area contributed by atoms with Crippen LogP contribution in [0.3, 0.4) is 0 Å². The minimum Gasteiger partial charge on any atom is -0.496 e. The summed E-state index contributed by atoms with van der Waals surface area (Å²) >= 11 is 0. The summed E-state index contributed by atoms with van der Waals surface area (Å²) in [6.45, 7) is 7.41. The number of carbonyl (C=O) groups is 1. The highest BCUT2D eigenvalue weighted by Gasteiger charge is 2.26. The molecule has 1 aromatic carbocycles. The smallest absolute Gasteiger partial charge is 0.291 e. The van der Waals surface area contributed by atoms with Gasteiger partial charge < -0.3 is 24.5 Å². The third kappa shape index (κ3) is 4.63. The van der Waals surface area contributed by atoms with E-state index in [0.717, 1.165) is 17.5 Å². The second-order valence-corrected chi connectivity index (χ2v) is 7.65. The number of rotatable bonds is 11. The van der Waals surface area contributed by atoms with Gasteiger partial charge >= 0.3 is 0 Å². The van der Waals surface area contributed by atoms with E-state index in [1.165, 1.54) is 0 Å². The molecule has 2 aromatic heterocycles. The van der Waals surface area contributed by atoms with Gasteiger partial charge in [0.25, 0.3) is 11.5 Å². The number of ether oxygens (including phenoxy) is 2. The average Bonchev–Trinajstić information content (AvgIpc) is 3.19. The minimum atomic E-state index is -0.926. The van der Waals surface area contributed by atoms with Crippen LogP contribution in [0.25, 0.3) is 21.8 Å². The first kappa shape index (κ1) is 23.7. The number of methoxy groups -OCH3 is 1. The van der Waals surface area contributed by atoms with E-state index in [0.29, 0.717) is 41.7 Å². The van der Waals surface area contributed by atoms with Crippen molar-refractivity contribution in [3.8, 4) is 5.75 Å². The van der Waals surface area contributed by atoms with Gasteiger partial charge in [0.05, 0.1) is 37.3 Å². The zero-order chi connectivity index (χ0) is 23.3. The third-order valence-corrected chi connectivity index (χ3v) is 5.50. The van der Waals surface area contributed by atoms with Gasteiger partial charge in [-0.15, -0.1) is 0 Å². The number of aliphatic hydroxyl groups excluding tert-OH is 1. The normalized spacial score (nSPS) is 12.4. The molecule has 0 aliphatic heterocycles. The van der Waals surface area contributed by atoms with E-state index in [2.05, 4.69) is 17.0 Å². The van der Waals surface area contributed by atoms with E-state index in [4.69, 9.17) is 9.47 Å². The number of fused-ring (bicyclic) bond motifs is 3. The van der Waals surface area contributed by atoms with E-state index in [9.17, 15) is 14.7 Å². The van der Waals surface area contributed by atoms with Crippen molar-refractivity contribution in [2.45, 2.75) is 46.3 Å². The second kappa shape index (κ2) is 10.6. The lowest BCUT2D eigenvalue weighted by molar-refractivity contribution is 0.0245. The molecule has 0 bridgehead atoms. The molecule has 0 aliphatic carbocycles. The first-order chi connectivity index (χ1) is 15.5. The van der Waals surface area contributed by atoms with Crippen LogP contribution >= 0.6 is 0 Å². The molecule has 0 spiro atoms. The van der Waals surface area contributed by atoms with Crippen LogP contribution in [0, 0.1) is 0 Å². The highest BCUT2D eigenvalue weighted by Crippen LogP contribution is 2.33. The third-order valence-electron chi connectivity index (χ3n) is 5.50. The van der Waals surface area contributed by atoms with E-state index in [1.54, 1.807) is 18.1 Å². The van der Waals surface area contributed by atoms with Crippen molar-refractivity contribution < 1.29 is 19.4 Å². The molecule has 0 saturated heterocycles. The lowest BCUT2D eigenvalue weighted by atomic mass is 10.1. The molecule has 174 valence electrons. The molecule has 0 saturated carbocycles. The van der Waals surface area contributed by atoms with Gasteiger partial charge in [-0.05, 0) is 32.4 Å². The fraction of sp³-hybridized carbons (Fsp3) is 0.522. The fourth-order valence-electron chi connectivity index (χ4n) is 3.78. The molecule has 9 heteroatoms. The van der Waals surface area contributed by atoms with Gasteiger partial charge in [-0.3, -0.25) is 9.59 Å². The SMILES string of the molecule is CCCCOCC(O)Cn1nc(C(=O)N(CC)CC)c2c([nH]c3cccc(OC)c32)c1=O. The lowest BCUT2D eigenvalue weighted by Crippen LogP contribution is -2.36. The Morgan fingerprint density at radius 3 is 2.66 bits per heavy atom. The summed E-state index contributed by atoms with van der Waals surface area (Å²) < 4.78 is 12.1. The molecule has 32 heavy (non-hydrogen) atoms. The molecule has 2 heterocycles. The Bertz CT molecular complexity index is 1130. The number of hydrogen-bond donors (Lipinski definition) is 2. The van der Waals surface area contributed by atoms with Crippen LogP contribution in [-0.2, 0) is 11.3 Å². The highest BCUT2D eigenvalue weighted by atomic mass is 16.5. The topological polar surface area (TPSA) is 110 Å². The number of aromatic amines is 1. The Kier molecular flexibility index (Phi) is 7.87. The zero-order valence-corrected chi connectivity index (χ0v) is 19.2. The summed E-state index contributed by atoms with van der Waals surface area (Å²) in [6, 6.07) is 5.42. The number of benzene rings is 1. The standard InChI is InChI=1S/C23H32N4O5/c1-5-8-12-32-14-15(28)13-27-23(30)20-19(21(25-27)22(29)26(6-2)7-3)18-16(24-20)10-9-11-17(18)31-4/h9-11,15,24,28H,5-8,12-14H2,1-4H3. The van der Waals surface area contributed by atoms with E-state index in [1.807, 2.05) is 26.0 Å². The van der Waals surface area contributed by atoms with Crippen molar-refractivity contribution in [1.82, 2.24) is 19.7 Å². The maximum absolute atomic E-state index is 13.4. The van der Waals surface area contributed by atoms with E-state index >= 15 is 0 Å². The number of aliphatic hydroxyl groups is 1. The Morgan fingerprint density at radius 2 is 2.00 bits per heavy atom. The van der Waals surface area contributed by atoms with Crippen LogP contribution in [0.2, 0.25) is 0 Å². The Balaban J connectivity index is 2.15. The maximum Gasteiger partial charge on any atom is 0.291 e. The van der Waals surface area contributed by atoms with Gasteiger partial charge in [-0.1, -0.05) is 19.4 Å². The molecule has 1 unspecified atom stereocenters. The highest BCUT2D eigenvalue weighted by molar-refractivity contribution is 6.18. The summed E-state index contributed by atoms with van der Waals surface area (Å²) in [6.07, 6.45) is 0.968. The van der Waals surface area contributed by atoms with Crippen LogP contribution in [0.4, 0.5) is 0 Å². The van der Waals surface area contributed by atoms with E-state index in [-0.39, 0.29) is 30.3 Å². The number of H-pyrrole nitrogens is 1. The van der Waals surface area contributed by atoms with Crippen molar-refractivity contribution in [3.63, 3.8) is 0 Å². The lowest BCUT2D eigenvalue weighted by Gasteiger charge is -2.20. The number of amides is 1. The zero-order valence-electron chi connectivity index (χ0n) is 19.2. The molecule has 9 nitrogen and oxygen atoms in total. The van der Waals surface area contributed by atoms with Crippen molar-refractivity contribution >= 4 is 27.7 Å². The average molecular weight is 445 g/mol. The summed E-state index contributed by atoms with van der Waals surface area (Å²) in [5.41, 5.74) is 0.669. The van der Waals surface area contributed by atoms with Crippen LogP contribution < -0.4 is 10.3 Å². The number of unbranched alkanes of at least 4 members (excludes halogenated alkanes) is 1. The molecule has 0 fully saturated rings. The molecule has 2 N–H and O–H groups in total. The van der Waals surface area contributed by atoms with Gasteiger partial charge in [-0.25, -0.2) is 4.68 Å². The van der Waals surface area contributed by atoms with Crippen LogP contribution in [0.5, 0.6) is 5.75 Å². The molecule has 1 amide bonds. The number of aromatic nitrogens is 3. The number of hydrogen-bond acceptors (Lipinski definition) is 6. The van der Waals surface area contributed by atoms with Gasteiger partial charge in [0.1, 0.15) is 11.3 Å². The summed E-state index contributed by atoms with van der Waals surface area (Å²) in [4.78, 5) is 31.4. The van der Waals surface area contributed by atoms with Gasteiger partial charge in [0.2, 0.25) is 0 Å². The van der Waals surface area contributed by atoms with Gasteiger partial charge in [-0.2, -0.15) is 5.10 Å². The van der Waals surface area contributed by atoms with Crippen LogP contribution in [0.15, 0.2) is 23.0 Å². The largest absolute Gasteiger partial charge is 0.496 e. The molecule has 3 aromatic rings. The number of nitrogens with one attached hydrogen (secondary N) is 1. The Labute approximate surface area is 186 Å². The molecular weight excluding hydrogens is 412 g/mol. The van der Waals surface area contributed by atoms with E-state index < -0.39 is 11.7 Å². The summed E-state index contributed by atoms with van der Waals surface area (Å²) in [5, 5.41) is 15.9. The van der Waals surface area contributed by atoms with Crippen molar-refractivity contribution in [3.05, 3.63) is 34.2 Å². The molecule has 0 aliphatic rings. The van der Waals surface area contributed by atoms with Gasteiger partial charge in [0, 0.05) is 25.1 Å². The predicted octanol–water partition coefficient (Wildman–Crippen LogP) is 2.55. The molecule has 3 rings (SSSR count). The van der Waals surface area contributed by atoms with Crippen molar-refractivity contribution in [1.29, 1.82) is 0 Å². The quantitative estimate of drug-likeness (QED) is 0.440. The first-order valence-corrected chi connectivity index (χ1v) is 11.1. The summed E-state index contributed by atoms with van der Waals surface area (Å²) in [5.74, 6) is 0.264. The van der Waals surface area contributed by atoms with Crippen LogP contribution in [-0.4, -0.2) is 70.2 Å². The molecule has 0 radical (unpaired) electrons.